The van der Waals surface area contributed by atoms with Gasteiger partial charge in [0, 0.05) is 54.4 Å². The molecule has 0 fully saturated rings. The molecule has 7 aromatic carbocycles. The van der Waals surface area contributed by atoms with E-state index in [0.29, 0.717) is 0 Å². The largest absolute Gasteiger partial charge is 0.310 e. The van der Waals surface area contributed by atoms with E-state index >= 15 is 0 Å². The van der Waals surface area contributed by atoms with Gasteiger partial charge in [-0.15, -0.1) is 11.3 Å². The van der Waals surface area contributed by atoms with Gasteiger partial charge in [-0.2, -0.15) is 0 Å². The highest BCUT2D eigenvalue weighted by Crippen LogP contribution is 2.51. The topological polar surface area (TPSA) is 16.1 Å². The van der Waals surface area contributed by atoms with E-state index in [1.807, 2.05) is 23.6 Å². The van der Waals surface area contributed by atoms with Gasteiger partial charge in [0.2, 0.25) is 0 Å². The Bertz CT molecular complexity index is 2760. The van der Waals surface area contributed by atoms with Crippen molar-refractivity contribution in [1.82, 2.24) is 4.98 Å². The molecule has 0 radical (unpaired) electrons. The summed E-state index contributed by atoms with van der Waals surface area (Å²) in [5.74, 6) is 0. The Hall–Kier alpha value is -6.29. The molecule has 0 aliphatic heterocycles. The van der Waals surface area contributed by atoms with E-state index in [4.69, 9.17) is 0 Å². The Morgan fingerprint density at radius 2 is 0.981 bits per heavy atom. The average Bonchev–Trinajstić information content (AvgIpc) is 3.69. The van der Waals surface area contributed by atoms with Crippen LogP contribution in [0, 0.1) is 0 Å². The zero-order valence-electron chi connectivity index (χ0n) is 29.6. The zero-order chi connectivity index (χ0) is 35.5. The van der Waals surface area contributed by atoms with Crippen molar-refractivity contribution in [1.29, 1.82) is 0 Å². The van der Waals surface area contributed by atoms with E-state index in [9.17, 15) is 0 Å². The van der Waals surface area contributed by atoms with Gasteiger partial charge in [-0.05, 0) is 129 Å². The van der Waals surface area contributed by atoms with Crippen LogP contribution in [0.25, 0.3) is 64.8 Å². The van der Waals surface area contributed by atoms with Gasteiger partial charge in [0.25, 0.3) is 0 Å². The fourth-order valence-electron chi connectivity index (χ4n) is 8.17. The van der Waals surface area contributed by atoms with Gasteiger partial charge in [-0.25, -0.2) is 0 Å². The summed E-state index contributed by atoms with van der Waals surface area (Å²) in [4.78, 5) is 6.96. The minimum Gasteiger partial charge on any atom is -0.310 e. The van der Waals surface area contributed by atoms with Crippen LogP contribution in [0.4, 0.5) is 17.1 Å². The number of anilines is 3. The maximum atomic E-state index is 4.62. The normalized spacial score (nSPS) is 12.9. The zero-order valence-corrected chi connectivity index (χ0v) is 30.4. The first-order chi connectivity index (χ1) is 26.0. The predicted molar refractivity (Wildman–Crippen MR) is 226 cm³/mol. The van der Waals surface area contributed by atoms with Gasteiger partial charge < -0.3 is 4.90 Å². The third-order valence-electron chi connectivity index (χ3n) is 10.9. The van der Waals surface area contributed by atoms with E-state index in [-0.39, 0.29) is 5.41 Å². The summed E-state index contributed by atoms with van der Waals surface area (Å²) in [6, 6.07) is 64.1. The monoisotopic (exact) mass is 696 g/mol. The molecule has 2 heterocycles. The van der Waals surface area contributed by atoms with Gasteiger partial charge in [0.1, 0.15) is 0 Å². The minimum absolute atomic E-state index is 0.121. The van der Waals surface area contributed by atoms with E-state index in [1.165, 1.54) is 64.7 Å². The Kier molecular flexibility index (Phi) is 7.38. The number of benzene rings is 7. The van der Waals surface area contributed by atoms with Crippen molar-refractivity contribution in [2.75, 3.05) is 4.90 Å². The summed E-state index contributed by atoms with van der Waals surface area (Å²) >= 11 is 1.86. The van der Waals surface area contributed by atoms with Gasteiger partial charge in [0.05, 0.1) is 5.69 Å². The van der Waals surface area contributed by atoms with Crippen LogP contribution in [0.1, 0.15) is 25.0 Å². The molecule has 1 aliphatic rings. The third-order valence-corrected chi connectivity index (χ3v) is 12.1. The van der Waals surface area contributed by atoms with Crippen molar-refractivity contribution in [2.45, 2.75) is 19.3 Å². The van der Waals surface area contributed by atoms with Crippen LogP contribution in [0.15, 0.2) is 182 Å². The van der Waals surface area contributed by atoms with Crippen LogP contribution in [-0.2, 0) is 5.41 Å². The first kappa shape index (κ1) is 31.4. The number of para-hydroxylation sites is 2. The van der Waals surface area contributed by atoms with Crippen LogP contribution >= 0.6 is 11.3 Å². The Balaban J connectivity index is 1.02. The molecule has 0 bridgehead atoms. The average molecular weight is 697 g/mol. The van der Waals surface area contributed by atoms with Crippen molar-refractivity contribution in [3.63, 3.8) is 0 Å². The van der Waals surface area contributed by atoms with E-state index < -0.39 is 0 Å². The SMILES string of the molecule is CC1(C)c2cc(-c3cccc(-c4ccc5sc6ccc(N(c7ccccc7)c7ccccc7)cc6c5c4)c3)ccc2-c2ccc(-c3ccccn3)cc21. The number of hydrogen-bond acceptors (Lipinski definition) is 3. The summed E-state index contributed by atoms with van der Waals surface area (Å²) in [7, 11) is 0. The highest BCUT2D eigenvalue weighted by atomic mass is 32.1. The molecule has 2 aromatic heterocycles. The van der Waals surface area contributed by atoms with Crippen molar-refractivity contribution in [2.24, 2.45) is 0 Å². The number of hydrogen-bond donors (Lipinski definition) is 0. The van der Waals surface area contributed by atoms with Crippen LogP contribution in [0.3, 0.4) is 0 Å². The molecule has 0 saturated carbocycles. The van der Waals surface area contributed by atoms with Crippen molar-refractivity contribution in [3.8, 4) is 44.6 Å². The third kappa shape index (κ3) is 5.35. The van der Waals surface area contributed by atoms with Gasteiger partial charge in [-0.3, -0.25) is 4.98 Å². The maximum Gasteiger partial charge on any atom is 0.0702 e. The molecular formula is C50H36N2S. The number of rotatable bonds is 6. The summed E-state index contributed by atoms with van der Waals surface area (Å²) in [5.41, 5.74) is 15.8. The molecule has 2 nitrogen and oxygen atoms in total. The Morgan fingerprint density at radius 1 is 0.434 bits per heavy atom. The molecule has 0 N–H and O–H groups in total. The Labute approximate surface area is 314 Å². The summed E-state index contributed by atoms with van der Waals surface area (Å²) < 4.78 is 2.60. The van der Waals surface area contributed by atoms with Crippen LogP contribution in [0.5, 0.6) is 0 Å². The molecule has 0 unspecified atom stereocenters. The number of fused-ring (bicyclic) bond motifs is 6. The van der Waals surface area contributed by atoms with Crippen molar-refractivity contribution in [3.05, 3.63) is 193 Å². The first-order valence-corrected chi connectivity index (χ1v) is 19.0. The molecule has 252 valence electrons. The van der Waals surface area contributed by atoms with Crippen molar-refractivity contribution >= 4 is 48.6 Å². The lowest BCUT2D eigenvalue weighted by atomic mass is 9.81. The Morgan fingerprint density at radius 3 is 1.64 bits per heavy atom. The molecule has 1 aliphatic carbocycles. The molecule has 0 saturated heterocycles. The summed E-state index contributed by atoms with van der Waals surface area (Å²) in [5, 5.41) is 2.57. The highest BCUT2D eigenvalue weighted by Gasteiger charge is 2.36. The van der Waals surface area contributed by atoms with Crippen LogP contribution in [-0.4, -0.2) is 4.98 Å². The standard InChI is InChI=1S/C50H36N2S/c1-50(2)45-30-36(19-23-41(45)42-24-20-37(31-46(42)50)47-18-9-10-27-51-47)34-13-11-12-33(28-34)35-21-25-48-43(29-35)44-32-40(22-26-49(44)53-48)52(38-14-5-3-6-15-38)39-16-7-4-8-17-39/h3-32H,1-2H3. The highest BCUT2D eigenvalue weighted by molar-refractivity contribution is 7.25. The molecule has 0 spiro atoms. The fourth-order valence-corrected chi connectivity index (χ4v) is 9.24. The molecule has 0 amide bonds. The molecular weight excluding hydrogens is 661 g/mol. The van der Waals surface area contributed by atoms with Gasteiger partial charge in [0.15, 0.2) is 0 Å². The fraction of sp³-hybridized carbons (Fsp3) is 0.0600. The predicted octanol–water partition coefficient (Wildman–Crippen LogP) is 14.2. The molecule has 53 heavy (non-hydrogen) atoms. The lowest BCUT2D eigenvalue weighted by Gasteiger charge is -2.25. The van der Waals surface area contributed by atoms with Crippen LogP contribution in [0.2, 0.25) is 0 Å². The van der Waals surface area contributed by atoms with E-state index in [0.717, 1.165) is 28.3 Å². The quantitative estimate of drug-likeness (QED) is 0.172. The number of pyridine rings is 1. The molecule has 10 rings (SSSR count). The lowest BCUT2D eigenvalue weighted by molar-refractivity contribution is 0.661. The summed E-state index contributed by atoms with van der Waals surface area (Å²) in [6.45, 7) is 4.70. The number of aromatic nitrogens is 1. The lowest BCUT2D eigenvalue weighted by Crippen LogP contribution is -2.15. The first-order valence-electron chi connectivity index (χ1n) is 18.2. The molecule has 3 heteroatoms. The van der Waals surface area contributed by atoms with Crippen LogP contribution < -0.4 is 4.90 Å². The van der Waals surface area contributed by atoms with Gasteiger partial charge >= 0.3 is 0 Å². The van der Waals surface area contributed by atoms with Crippen molar-refractivity contribution < 1.29 is 0 Å². The van der Waals surface area contributed by atoms with Gasteiger partial charge in [-0.1, -0.05) is 105 Å². The smallest absolute Gasteiger partial charge is 0.0702 e. The van der Waals surface area contributed by atoms with E-state index in [1.54, 1.807) is 0 Å². The minimum atomic E-state index is -0.121. The second-order valence-corrected chi connectivity index (χ2v) is 15.5. The number of nitrogens with zero attached hydrogens (tertiary/aromatic N) is 2. The molecule has 0 atom stereocenters. The molecule has 9 aromatic rings. The number of thiophene rings is 1. The maximum absolute atomic E-state index is 4.62. The van der Waals surface area contributed by atoms with E-state index in [2.05, 4.69) is 194 Å². The summed E-state index contributed by atoms with van der Waals surface area (Å²) in [6.07, 6.45) is 1.87. The second kappa shape index (κ2) is 12.4. The second-order valence-electron chi connectivity index (χ2n) is 14.4.